The van der Waals surface area contributed by atoms with Crippen LogP contribution in [0.3, 0.4) is 0 Å². The van der Waals surface area contributed by atoms with Crippen molar-refractivity contribution in [3.05, 3.63) is 200 Å². The SMILES string of the molecule is c1ccc(-c2cc(-c3ccccc3)cc(-c3ccc(-c4nc(-c5ccccc5)nc(-c5cc6c(oc7ccc8ccccc8c76)c6ccccc56)n4)cc3)c2)cc1. The molecular weight excluding hydrogens is 695 g/mol. The molecule has 0 unspecified atom stereocenters. The number of hydrogen-bond acceptors (Lipinski definition) is 4. The summed E-state index contributed by atoms with van der Waals surface area (Å²) in [6, 6.07) is 69.9. The number of hydrogen-bond donors (Lipinski definition) is 0. The van der Waals surface area contributed by atoms with E-state index in [0.717, 1.165) is 65.9 Å². The van der Waals surface area contributed by atoms with Crippen LogP contribution in [0.2, 0.25) is 0 Å². The lowest BCUT2D eigenvalue weighted by Gasteiger charge is -2.13. The minimum atomic E-state index is 0.610. The zero-order chi connectivity index (χ0) is 37.7. The second kappa shape index (κ2) is 13.6. The van der Waals surface area contributed by atoms with Gasteiger partial charge in [0.25, 0.3) is 0 Å². The van der Waals surface area contributed by atoms with Crippen LogP contribution in [0.1, 0.15) is 0 Å². The fourth-order valence-electron chi connectivity index (χ4n) is 8.10. The van der Waals surface area contributed by atoms with E-state index in [4.69, 9.17) is 19.4 Å². The van der Waals surface area contributed by atoms with E-state index in [-0.39, 0.29) is 0 Å². The maximum Gasteiger partial charge on any atom is 0.164 e. The van der Waals surface area contributed by atoms with Crippen molar-refractivity contribution in [2.24, 2.45) is 0 Å². The number of nitrogens with zero attached hydrogens (tertiary/aromatic N) is 3. The third-order valence-corrected chi connectivity index (χ3v) is 10.9. The average molecular weight is 728 g/mol. The van der Waals surface area contributed by atoms with E-state index in [0.29, 0.717) is 17.5 Å². The molecule has 11 rings (SSSR count). The van der Waals surface area contributed by atoms with Crippen molar-refractivity contribution in [3.63, 3.8) is 0 Å². The molecule has 0 amide bonds. The Morgan fingerprint density at radius 2 is 0.754 bits per heavy atom. The Morgan fingerprint density at radius 1 is 0.298 bits per heavy atom. The van der Waals surface area contributed by atoms with Crippen LogP contribution in [0, 0.1) is 0 Å². The van der Waals surface area contributed by atoms with Gasteiger partial charge in [-0.15, -0.1) is 0 Å². The van der Waals surface area contributed by atoms with E-state index >= 15 is 0 Å². The molecule has 4 heteroatoms. The molecule has 4 nitrogen and oxygen atoms in total. The molecule has 0 radical (unpaired) electrons. The normalized spacial score (nSPS) is 11.5. The van der Waals surface area contributed by atoms with Gasteiger partial charge in [0.15, 0.2) is 17.5 Å². The lowest BCUT2D eigenvalue weighted by atomic mass is 9.93. The molecule has 0 saturated heterocycles. The predicted molar refractivity (Wildman–Crippen MR) is 235 cm³/mol. The Bertz CT molecular complexity index is 3210. The van der Waals surface area contributed by atoms with Gasteiger partial charge in [-0.25, -0.2) is 15.0 Å². The Kier molecular flexibility index (Phi) is 7.78. The van der Waals surface area contributed by atoms with Gasteiger partial charge in [-0.3, -0.25) is 0 Å². The molecule has 0 aliphatic carbocycles. The number of rotatable bonds is 6. The molecule has 57 heavy (non-hydrogen) atoms. The van der Waals surface area contributed by atoms with Gasteiger partial charge in [-0.05, 0) is 79.9 Å². The largest absolute Gasteiger partial charge is 0.455 e. The van der Waals surface area contributed by atoms with Crippen molar-refractivity contribution in [1.29, 1.82) is 0 Å². The molecule has 0 N–H and O–H groups in total. The van der Waals surface area contributed by atoms with Crippen LogP contribution in [0.25, 0.3) is 111 Å². The number of aromatic nitrogens is 3. The molecular formula is C53H33N3O. The molecule has 0 atom stereocenters. The van der Waals surface area contributed by atoms with E-state index in [2.05, 4.69) is 170 Å². The van der Waals surface area contributed by atoms with E-state index in [9.17, 15) is 0 Å². The van der Waals surface area contributed by atoms with Gasteiger partial charge in [0.05, 0.1) is 0 Å². The fraction of sp³-hybridized carbons (Fsp3) is 0. The highest BCUT2D eigenvalue weighted by molar-refractivity contribution is 6.25. The maximum atomic E-state index is 6.61. The summed E-state index contributed by atoms with van der Waals surface area (Å²) < 4.78 is 6.61. The van der Waals surface area contributed by atoms with Crippen molar-refractivity contribution < 1.29 is 4.42 Å². The molecule has 2 aromatic heterocycles. The Hall–Kier alpha value is -7.69. The van der Waals surface area contributed by atoms with Gasteiger partial charge >= 0.3 is 0 Å². The van der Waals surface area contributed by atoms with Gasteiger partial charge in [-0.2, -0.15) is 0 Å². The third kappa shape index (κ3) is 5.83. The van der Waals surface area contributed by atoms with Gasteiger partial charge in [-0.1, -0.05) is 170 Å². The summed E-state index contributed by atoms with van der Waals surface area (Å²) in [7, 11) is 0. The highest BCUT2D eigenvalue weighted by Crippen LogP contribution is 2.42. The molecule has 0 bridgehead atoms. The second-order valence-corrected chi connectivity index (χ2v) is 14.4. The number of benzene rings is 9. The summed E-state index contributed by atoms with van der Waals surface area (Å²) in [4.78, 5) is 15.5. The standard InChI is InChI=1S/C53H33N3O/c1-4-14-34(15-5-1)40-30-41(35-16-6-2-7-17-35)32-42(31-40)36-24-26-39(27-25-36)52-54-51(38-19-8-3-9-20-38)55-53(56-52)46-33-47-49-43-21-11-10-18-37(43)28-29-48(49)57-50(47)45-23-13-12-22-44(45)46/h1-33H. The van der Waals surface area contributed by atoms with Crippen molar-refractivity contribution in [1.82, 2.24) is 15.0 Å². The first-order chi connectivity index (χ1) is 28.2. The van der Waals surface area contributed by atoms with Crippen LogP contribution in [0.5, 0.6) is 0 Å². The van der Waals surface area contributed by atoms with Crippen molar-refractivity contribution in [3.8, 4) is 67.5 Å². The van der Waals surface area contributed by atoms with E-state index < -0.39 is 0 Å². The first kappa shape index (κ1) is 32.7. The lowest BCUT2D eigenvalue weighted by molar-refractivity contribution is 0.673. The van der Waals surface area contributed by atoms with Crippen LogP contribution in [0.4, 0.5) is 0 Å². The molecule has 0 aliphatic heterocycles. The first-order valence-corrected chi connectivity index (χ1v) is 19.2. The van der Waals surface area contributed by atoms with Crippen molar-refractivity contribution >= 4 is 43.5 Å². The van der Waals surface area contributed by atoms with Crippen LogP contribution in [-0.4, -0.2) is 15.0 Å². The van der Waals surface area contributed by atoms with Crippen LogP contribution < -0.4 is 0 Å². The van der Waals surface area contributed by atoms with E-state index in [1.165, 1.54) is 27.6 Å². The van der Waals surface area contributed by atoms with Crippen LogP contribution in [0.15, 0.2) is 205 Å². The minimum absolute atomic E-state index is 0.610. The van der Waals surface area contributed by atoms with Crippen LogP contribution >= 0.6 is 0 Å². The van der Waals surface area contributed by atoms with Gasteiger partial charge in [0, 0.05) is 32.8 Å². The fourth-order valence-corrected chi connectivity index (χ4v) is 8.10. The average Bonchev–Trinajstić information content (AvgIpc) is 3.69. The Balaban J connectivity index is 1.08. The van der Waals surface area contributed by atoms with Gasteiger partial charge < -0.3 is 4.42 Å². The summed E-state index contributed by atoms with van der Waals surface area (Å²) in [6.07, 6.45) is 0. The lowest BCUT2D eigenvalue weighted by Crippen LogP contribution is -2.00. The predicted octanol–water partition coefficient (Wildman–Crippen LogP) is 14.1. The molecule has 9 aromatic carbocycles. The molecule has 11 aromatic rings. The summed E-state index contributed by atoms with van der Waals surface area (Å²) >= 11 is 0. The summed E-state index contributed by atoms with van der Waals surface area (Å²) in [5, 5.41) is 6.49. The molecule has 0 spiro atoms. The summed E-state index contributed by atoms with van der Waals surface area (Å²) in [5.74, 6) is 1.84. The third-order valence-electron chi connectivity index (χ3n) is 10.9. The van der Waals surface area contributed by atoms with Gasteiger partial charge in [0.1, 0.15) is 11.2 Å². The summed E-state index contributed by atoms with van der Waals surface area (Å²) in [5.41, 5.74) is 11.5. The van der Waals surface area contributed by atoms with E-state index in [1.54, 1.807) is 0 Å². The van der Waals surface area contributed by atoms with Crippen molar-refractivity contribution in [2.45, 2.75) is 0 Å². The second-order valence-electron chi connectivity index (χ2n) is 14.4. The van der Waals surface area contributed by atoms with Gasteiger partial charge in [0.2, 0.25) is 0 Å². The quantitative estimate of drug-likeness (QED) is 0.171. The maximum absolute atomic E-state index is 6.61. The highest BCUT2D eigenvalue weighted by Gasteiger charge is 2.20. The highest BCUT2D eigenvalue weighted by atomic mass is 16.3. The number of fused-ring (bicyclic) bond motifs is 7. The van der Waals surface area contributed by atoms with Crippen molar-refractivity contribution in [2.75, 3.05) is 0 Å². The summed E-state index contributed by atoms with van der Waals surface area (Å²) in [6.45, 7) is 0. The zero-order valence-corrected chi connectivity index (χ0v) is 30.8. The topological polar surface area (TPSA) is 51.8 Å². The molecule has 0 fully saturated rings. The molecule has 0 saturated carbocycles. The Labute approximate surface area is 329 Å². The molecule has 2 heterocycles. The van der Waals surface area contributed by atoms with Crippen LogP contribution in [-0.2, 0) is 0 Å². The molecule has 266 valence electrons. The minimum Gasteiger partial charge on any atom is -0.455 e. The first-order valence-electron chi connectivity index (χ1n) is 19.2. The Morgan fingerprint density at radius 3 is 1.37 bits per heavy atom. The smallest absolute Gasteiger partial charge is 0.164 e. The van der Waals surface area contributed by atoms with E-state index in [1.807, 2.05) is 30.3 Å². The monoisotopic (exact) mass is 727 g/mol. The zero-order valence-electron chi connectivity index (χ0n) is 30.8. The number of furan rings is 1. The molecule has 0 aliphatic rings.